The van der Waals surface area contributed by atoms with Crippen molar-refractivity contribution in [3.63, 3.8) is 0 Å². The van der Waals surface area contributed by atoms with Crippen molar-refractivity contribution in [2.75, 3.05) is 32.1 Å². The third-order valence-corrected chi connectivity index (χ3v) is 3.50. The molecule has 0 aliphatic heterocycles. The SMILES string of the molecule is CCC(O)c1ccc(N(CC)C(C)CN(C)C)cc1. The molecule has 1 N–H and O–H groups in total. The Morgan fingerprint density at radius 2 is 1.68 bits per heavy atom. The van der Waals surface area contributed by atoms with Crippen LogP contribution < -0.4 is 4.90 Å². The van der Waals surface area contributed by atoms with Gasteiger partial charge in [-0.25, -0.2) is 0 Å². The molecule has 0 bridgehead atoms. The molecule has 0 aliphatic rings. The molecule has 2 unspecified atom stereocenters. The monoisotopic (exact) mass is 264 g/mol. The first-order valence-electron chi connectivity index (χ1n) is 7.18. The van der Waals surface area contributed by atoms with Crippen LogP contribution in [0.3, 0.4) is 0 Å². The van der Waals surface area contributed by atoms with Crippen LogP contribution in [0.25, 0.3) is 0 Å². The highest BCUT2D eigenvalue weighted by Gasteiger charge is 2.14. The van der Waals surface area contributed by atoms with Crippen molar-refractivity contribution >= 4 is 5.69 Å². The molecular weight excluding hydrogens is 236 g/mol. The van der Waals surface area contributed by atoms with E-state index >= 15 is 0 Å². The maximum absolute atomic E-state index is 9.82. The summed E-state index contributed by atoms with van der Waals surface area (Å²) in [6.07, 6.45) is 0.414. The van der Waals surface area contributed by atoms with Crippen molar-refractivity contribution < 1.29 is 5.11 Å². The Labute approximate surface area is 117 Å². The van der Waals surface area contributed by atoms with Gasteiger partial charge >= 0.3 is 0 Å². The summed E-state index contributed by atoms with van der Waals surface area (Å²) in [6.45, 7) is 8.45. The van der Waals surface area contributed by atoms with Crippen molar-refractivity contribution in [2.45, 2.75) is 39.3 Å². The Bertz CT molecular complexity index is 362. The lowest BCUT2D eigenvalue weighted by atomic mass is 10.1. The zero-order chi connectivity index (χ0) is 14.4. The van der Waals surface area contributed by atoms with E-state index in [0.29, 0.717) is 6.04 Å². The summed E-state index contributed by atoms with van der Waals surface area (Å²) in [5.41, 5.74) is 2.23. The molecule has 0 saturated heterocycles. The molecule has 0 radical (unpaired) electrons. The van der Waals surface area contributed by atoms with Gasteiger partial charge in [0.1, 0.15) is 0 Å². The van der Waals surface area contributed by atoms with Gasteiger partial charge in [0.2, 0.25) is 0 Å². The van der Waals surface area contributed by atoms with Gasteiger partial charge in [0.15, 0.2) is 0 Å². The van der Waals surface area contributed by atoms with E-state index in [1.807, 2.05) is 19.1 Å². The summed E-state index contributed by atoms with van der Waals surface area (Å²) < 4.78 is 0. The van der Waals surface area contributed by atoms with Gasteiger partial charge in [-0.15, -0.1) is 0 Å². The summed E-state index contributed by atoms with van der Waals surface area (Å²) >= 11 is 0. The quantitative estimate of drug-likeness (QED) is 0.820. The number of benzene rings is 1. The minimum absolute atomic E-state index is 0.344. The van der Waals surface area contributed by atoms with Gasteiger partial charge in [-0.3, -0.25) is 0 Å². The van der Waals surface area contributed by atoms with Crippen LogP contribution in [-0.2, 0) is 0 Å². The van der Waals surface area contributed by atoms with Crippen molar-refractivity contribution in [1.29, 1.82) is 0 Å². The molecule has 0 aromatic heterocycles. The lowest BCUT2D eigenvalue weighted by Gasteiger charge is -2.32. The second kappa shape index (κ2) is 7.51. The molecule has 3 nitrogen and oxygen atoms in total. The Morgan fingerprint density at radius 1 is 1.11 bits per heavy atom. The molecule has 0 spiro atoms. The van der Waals surface area contributed by atoms with Crippen LogP contribution in [0.1, 0.15) is 38.9 Å². The first-order chi connectivity index (χ1) is 8.99. The van der Waals surface area contributed by atoms with E-state index < -0.39 is 0 Å². The van der Waals surface area contributed by atoms with E-state index in [-0.39, 0.29) is 6.10 Å². The Hall–Kier alpha value is -1.06. The van der Waals surface area contributed by atoms with Crippen LogP contribution in [0.5, 0.6) is 0 Å². The standard InChI is InChI=1S/C16H28N2O/c1-6-16(19)14-8-10-15(11-9-14)18(7-2)13(3)12-17(4)5/h8-11,13,16,19H,6-7,12H2,1-5H3. The number of anilines is 1. The molecule has 3 heteroatoms. The molecule has 19 heavy (non-hydrogen) atoms. The van der Waals surface area contributed by atoms with Crippen LogP contribution in [0.4, 0.5) is 5.69 Å². The summed E-state index contributed by atoms with van der Waals surface area (Å²) in [5, 5.41) is 9.82. The van der Waals surface area contributed by atoms with Gasteiger partial charge in [0, 0.05) is 24.8 Å². The summed E-state index contributed by atoms with van der Waals surface area (Å²) in [7, 11) is 4.20. The van der Waals surface area contributed by atoms with Gasteiger partial charge in [-0.1, -0.05) is 19.1 Å². The number of aliphatic hydroxyl groups excluding tert-OH is 1. The van der Waals surface area contributed by atoms with E-state index in [1.54, 1.807) is 0 Å². The van der Waals surface area contributed by atoms with Crippen molar-refractivity contribution in [1.82, 2.24) is 4.90 Å². The van der Waals surface area contributed by atoms with Gasteiger partial charge in [-0.05, 0) is 52.1 Å². The number of nitrogens with zero attached hydrogens (tertiary/aromatic N) is 2. The van der Waals surface area contributed by atoms with Crippen LogP contribution in [0.2, 0.25) is 0 Å². The summed E-state index contributed by atoms with van der Waals surface area (Å²) in [5.74, 6) is 0. The average molecular weight is 264 g/mol. The fourth-order valence-electron chi connectivity index (χ4n) is 2.50. The molecule has 0 fully saturated rings. The Balaban J connectivity index is 2.81. The molecule has 1 aromatic rings. The fraction of sp³-hybridized carbons (Fsp3) is 0.625. The highest BCUT2D eigenvalue weighted by atomic mass is 16.3. The first-order valence-corrected chi connectivity index (χ1v) is 7.18. The highest BCUT2D eigenvalue weighted by Crippen LogP contribution is 2.22. The molecular formula is C16H28N2O. The number of rotatable bonds is 7. The van der Waals surface area contributed by atoms with Crippen molar-refractivity contribution in [3.05, 3.63) is 29.8 Å². The number of hydrogen-bond donors (Lipinski definition) is 1. The van der Waals surface area contributed by atoms with E-state index in [9.17, 15) is 5.11 Å². The largest absolute Gasteiger partial charge is 0.388 e. The van der Waals surface area contributed by atoms with Crippen LogP contribution >= 0.6 is 0 Å². The number of likely N-dealkylation sites (N-methyl/N-ethyl adjacent to an activating group) is 2. The van der Waals surface area contributed by atoms with Crippen LogP contribution in [0, 0.1) is 0 Å². The van der Waals surface area contributed by atoms with Gasteiger partial charge in [-0.2, -0.15) is 0 Å². The smallest absolute Gasteiger partial charge is 0.0787 e. The second-order valence-corrected chi connectivity index (χ2v) is 5.41. The van der Waals surface area contributed by atoms with Crippen molar-refractivity contribution in [3.8, 4) is 0 Å². The molecule has 0 saturated carbocycles. The molecule has 1 rings (SSSR count). The predicted molar refractivity (Wildman–Crippen MR) is 82.7 cm³/mol. The minimum Gasteiger partial charge on any atom is -0.388 e. The minimum atomic E-state index is -0.344. The van der Waals surface area contributed by atoms with E-state index in [0.717, 1.165) is 25.1 Å². The Morgan fingerprint density at radius 3 is 2.11 bits per heavy atom. The maximum Gasteiger partial charge on any atom is 0.0787 e. The van der Waals surface area contributed by atoms with E-state index in [1.165, 1.54) is 5.69 Å². The second-order valence-electron chi connectivity index (χ2n) is 5.41. The molecule has 0 aliphatic carbocycles. The Kier molecular flexibility index (Phi) is 6.32. The number of aliphatic hydroxyl groups is 1. The average Bonchev–Trinajstić information content (AvgIpc) is 2.38. The zero-order valence-corrected chi connectivity index (χ0v) is 12.9. The maximum atomic E-state index is 9.82. The predicted octanol–water partition coefficient (Wildman–Crippen LogP) is 2.91. The number of hydrogen-bond acceptors (Lipinski definition) is 3. The summed E-state index contributed by atoms with van der Waals surface area (Å²) in [4.78, 5) is 4.60. The van der Waals surface area contributed by atoms with Gasteiger partial charge in [0.05, 0.1) is 6.10 Å². The van der Waals surface area contributed by atoms with Crippen LogP contribution in [-0.4, -0.2) is 43.2 Å². The van der Waals surface area contributed by atoms with E-state index in [2.05, 4.69) is 49.9 Å². The zero-order valence-electron chi connectivity index (χ0n) is 12.9. The molecule has 2 atom stereocenters. The lowest BCUT2D eigenvalue weighted by molar-refractivity contribution is 0.173. The third-order valence-electron chi connectivity index (χ3n) is 3.50. The first kappa shape index (κ1) is 16.0. The topological polar surface area (TPSA) is 26.7 Å². The van der Waals surface area contributed by atoms with Crippen LogP contribution in [0.15, 0.2) is 24.3 Å². The third kappa shape index (κ3) is 4.51. The molecule has 108 valence electrons. The van der Waals surface area contributed by atoms with Crippen molar-refractivity contribution in [2.24, 2.45) is 0 Å². The fourth-order valence-corrected chi connectivity index (χ4v) is 2.50. The van der Waals surface area contributed by atoms with Gasteiger partial charge in [0.25, 0.3) is 0 Å². The molecule has 0 heterocycles. The normalized spacial score (nSPS) is 14.5. The highest BCUT2D eigenvalue weighted by molar-refractivity contribution is 5.48. The van der Waals surface area contributed by atoms with E-state index in [4.69, 9.17) is 0 Å². The van der Waals surface area contributed by atoms with Gasteiger partial charge < -0.3 is 14.9 Å². The summed E-state index contributed by atoms with van der Waals surface area (Å²) in [6, 6.07) is 8.78. The lowest BCUT2D eigenvalue weighted by Crippen LogP contribution is -2.40. The molecule has 0 amide bonds. The molecule has 1 aromatic carbocycles.